The first kappa shape index (κ1) is 5.68. The normalized spacial score (nSPS) is 9.33. The molecule has 4 nitrogen and oxygen atoms in total. The third kappa shape index (κ3) is 0.861. The molecular weight excluding hydrogens is 118 g/mol. The molecule has 1 rings (SSSR count). The first-order valence-electron chi connectivity index (χ1n) is 2.44. The Hall–Kier alpha value is -1.45. The lowest BCUT2D eigenvalue weighted by Gasteiger charge is -1.98. The minimum Gasteiger partial charge on any atom is -0.384 e. The Kier molecular flexibility index (Phi) is 1.14. The van der Waals surface area contributed by atoms with E-state index in [4.69, 9.17) is 11.6 Å². The summed E-state index contributed by atoms with van der Waals surface area (Å²) in [6.45, 7) is 0. The number of aromatic nitrogens is 1. The zero-order valence-corrected chi connectivity index (χ0v) is 4.74. The smallest absolute Gasteiger partial charge is 0.270 e. The molecule has 0 bridgehead atoms. The highest BCUT2D eigenvalue weighted by Crippen LogP contribution is 1.89. The number of nitrogens with zero attached hydrogens (tertiary/aromatic N) is 1. The summed E-state index contributed by atoms with van der Waals surface area (Å²) in [5.41, 5.74) is 4.96. The van der Waals surface area contributed by atoms with Gasteiger partial charge in [0.15, 0.2) is 0 Å². The van der Waals surface area contributed by atoms with E-state index in [1.807, 2.05) is 0 Å². The van der Waals surface area contributed by atoms with Gasteiger partial charge in [-0.15, -0.1) is 0 Å². The van der Waals surface area contributed by atoms with Gasteiger partial charge in [-0.2, -0.15) is 0 Å². The number of hydrogen-bond donors (Lipinski definition) is 2. The molecule has 0 saturated carbocycles. The molecule has 1 heterocycles. The fourth-order valence-electron chi connectivity index (χ4n) is 0.517. The van der Waals surface area contributed by atoms with Gasteiger partial charge in [-0.1, -0.05) is 6.07 Å². The van der Waals surface area contributed by atoms with E-state index in [2.05, 4.69) is 0 Å². The summed E-state index contributed by atoms with van der Waals surface area (Å²) < 4.78 is 0.889. The number of hydrogen-bond acceptors (Lipinski definition) is 3. The quantitative estimate of drug-likeness (QED) is 0.443. The summed E-state index contributed by atoms with van der Waals surface area (Å²) in [7, 11) is 0. The molecular formula is C5H7N3O. The van der Waals surface area contributed by atoms with Crippen LogP contribution in [0.15, 0.2) is 23.0 Å². The Morgan fingerprint density at radius 1 is 1.44 bits per heavy atom. The number of anilines is 1. The van der Waals surface area contributed by atoms with E-state index < -0.39 is 0 Å². The van der Waals surface area contributed by atoms with Gasteiger partial charge in [0, 0.05) is 6.07 Å². The first-order chi connectivity index (χ1) is 4.22. The van der Waals surface area contributed by atoms with Crippen LogP contribution in [-0.4, -0.2) is 4.68 Å². The van der Waals surface area contributed by atoms with Crippen LogP contribution in [0.3, 0.4) is 0 Å². The zero-order valence-electron chi connectivity index (χ0n) is 4.74. The van der Waals surface area contributed by atoms with E-state index in [-0.39, 0.29) is 11.4 Å². The van der Waals surface area contributed by atoms with E-state index in [0.717, 1.165) is 4.68 Å². The van der Waals surface area contributed by atoms with Gasteiger partial charge in [0.2, 0.25) is 0 Å². The average molecular weight is 125 g/mol. The topological polar surface area (TPSA) is 74.0 Å². The summed E-state index contributed by atoms with van der Waals surface area (Å²) in [6.07, 6.45) is 0. The third-order valence-electron chi connectivity index (χ3n) is 1.02. The first-order valence-corrected chi connectivity index (χ1v) is 2.44. The van der Waals surface area contributed by atoms with Gasteiger partial charge in [-0.25, -0.2) is 4.68 Å². The maximum Gasteiger partial charge on any atom is 0.270 e. The molecule has 0 amide bonds. The minimum atomic E-state index is -0.296. The van der Waals surface area contributed by atoms with Crippen LogP contribution in [-0.2, 0) is 0 Å². The van der Waals surface area contributed by atoms with Crippen LogP contribution in [0.4, 0.5) is 5.82 Å². The molecule has 1 aromatic heterocycles. The Balaban J connectivity index is 3.43. The van der Waals surface area contributed by atoms with E-state index in [0.29, 0.717) is 0 Å². The van der Waals surface area contributed by atoms with Crippen LogP contribution in [0.5, 0.6) is 0 Å². The van der Waals surface area contributed by atoms with Gasteiger partial charge in [0.1, 0.15) is 5.82 Å². The molecule has 1 aromatic rings. The SMILES string of the molecule is Nc1cccc(=O)n1N. The van der Waals surface area contributed by atoms with Crippen LogP contribution in [0.2, 0.25) is 0 Å². The standard InChI is InChI=1S/C5H7N3O/c6-4-2-1-3-5(9)8(4)7/h1-3H,6-7H2. The second-order valence-electron chi connectivity index (χ2n) is 1.66. The fraction of sp³-hybridized carbons (Fsp3) is 0. The molecule has 4 heteroatoms. The Morgan fingerprint density at radius 2 is 2.11 bits per heavy atom. The minimum absolute atomic E-state index is 0.266. The molecule has 0 atom stereocenters. The molecule has 0 aliphatic rings. The largest absolute Gasteiger partial charge is 0.384 e. The van der Waals surface area contributed by atoms with Gasteiger partial charge in [0.05, 0.1) is 0 Å². The van der Waals surface area contributed by atoms with Crippen molar-refractivity contribution in [1.29, 1.82) is 0 Å². The monoisotopic (exact) mass is 125 g/mol. The third-order valence-corrected chi connectivity index (χ3v) is 1.02. The van der Waals surface area contributed by atoms with Crippen molar-refractivity contribution in [3.8, 4) is 0 Å². The van der Waals surface area contributed by atoms with Crippen LogP contribution in [0.1, 0.15) is 0 Å². The van der Waals surface area contributed by atoms with Crippen molar-refractivity contribution in [3.63, 3.8) is 0 Å². The number of nitrogen functional groups attached to an aromatic ring is 2. The lowest BCUT2D eigenvalue weighted by molar-refractivity contribution is 0.952. The van der Waals surface area contributed by atoms with Crippen molar-refractivity contribution in [1.82, 2.24) is 4.68 Å². The van der Waals surface area contributed by atoms with Crippen molar-refractivity contribution < 1.29 is 0 Å². The summed E-state index contributed by atoms with van der Waals surface area (Å²) in [5.74, 6) is 5.43. The summed E-state index contributed by atoms with van der Waals surface area (Å²) in [4.78, 5) is 10.6. The Morgan fingerprint density at radius 3 is 2.56 bits per heavy atom. The molecule has 48 valence electrons. The second-order valence-corrected chi connectivity index (χ2v) is 1.66. The summed E-state index contributed by atoms with van der Waals surface area (Å²) in [5, 5.41) is 0. The maximum absolute atomic E-state index is 10.6. The van der Waals surface area contributed by atoms with Crippen LogP contribution in [0.25, 0.3) is 0 Å². The molecule has 0 aliphatic heterocycles. The zero-order chi connectivity index (χ0) is 6.85. The number of pyridine rings is 1. The van der Waals surface area contributed by atoms with E-state index >= 15 is 0 Å². The highest BCUT2D eigenvalue weighted by molar-refractivity contribution is 5.28. The van der Waals surface area contributed by atoms with E-state index in [1.54, 1.807) is 12.1 Å². The van der Waals surface area contributed by atoms with E-state index in [9.17, 15) is 4.79 Å². The fourth-order valence-corrected chi connectivity index (χ4v) is 0.517. The maximum atomic E-state index is 10.6. The number of nitrogens with two attached hydrogens (primary N) is 2. The lowest BCUT2D eigenvalue weighted by atomic mass is 10.5. The van der Waals surface area contributed by atoms with Crippen molar-refractivity contribution in [3.05, 3.63) is 28.6 Å². The van der Waals surface area contributed by atoms with Crippen LogP contribution < -0.4 is 17.1 Å². The molecule has 0 aromatic carbocycles. The molecule has 0 saturated heterocycles. The van der Waals surface area contributed by atoms with E-state index in [1.165, 1.54) is 6.07 Å². The molecule has 0 radical (unpaired) electrons. The van der Waals surface area contributed by atoms with Crippen molar-refractivity contribution in [2.24, 2.45) is 0 Å². The van der Waals surface area contributed by atoms with Gasteiger partial charge in [-0.3, -0.25) is 4.79 Å². The molecule has 9 heavy (non-hydrogen) atoms. The highest BCUT2D eigenvalue weighted by atomic mass is 16.1. The molecule has 0 spiro atoms. The lowest BCUT2D eigenvalue weighted by Crippen LogP contribution is -2.28. The van der Waals surface area contributed by atoms with Crippen molar-refractivity contribution in [2.45, 2.75) is 0 Å². The second kappa shape index (κ2) is 1.81. The highest BCUT2D eigenvalue weighted by Gasteiger charge is 1.90. The van der Waals surface area contributed by atoms with Crippen LogP contribution >= 0.6 is 0 Å². The van der Waals surface area contributed by atoms with Crippen molar-refractivity contribution >= 4 is 5.82 Å². The Labute approximate surface area is 51.7 Å². The predicted octanol–water partition coefficient (Wildman–Crippen LogP) is -0.856. The molecule has 0 unspecified atom stereocenters. The summed E-state index contributed by atoms with van der Waals surface area (Å²) in [6, 6.07) is 4.46. The predicted molar refractivity (Wildman–Crippen MR) is 35.3 cm³/mol. The van der Waals surface area contributed by atoms with Gasteiger partial charge >= 0.3 is 0 Å². The number of rotatable bonds is 0. The van der Waals surface area contributed by atoms with Crippen LogP contribution in [0, 0.1) is 0 Å². The molecule has 0 fully saturated rings. The van der Waals surface area contributed by atoms with Gasteiger partial charge < -0.3 is 11.6 Å². The average Bonchev–Trinajstić information content (AvgIpc) is 1.83. The molecule has 4 N–H and O–H groups in total. The van der Waals surface area contributed by atoms with Crippen molar-refractivity contribution in [2.75, 3.05) is 11.6 Å². The van der Waals surface area contributed by atoms with Gasteiger partial charge in [-0.05, 0) is 6.07 Å². The molecule has 0 aliphatic carbocycles. The Bertz CT molecular complexity index is 265. The van der Waals surface area contributed by atoms with Gasteiger partial charge in [0.25, 0.3) is 5.56 Å². The summed E-state index contributed by atoms with van der Waals surface area (Å²) >= 11 is 0.